The molecule has 0 unspecified atom stereocenters. The third-order valence-corrected chi connectivity index (χ3v) is 2.39. The van der Waals surface area contributed by atoms with E-state index in [9.17, 15) is 5.11 Å². The topological polar surface area (TPSA) is 60.1 Å². The quantitative estimate of drug-likeness (QED) is 0.836. The minimum atomic E-state index is -0.827. The van der Waals surface area contributed by atoms with Gasteiger partial charge in [0.15, 0.2) is 0 Å². The smallest absolute Gasteiger partial charge is 0.132 e. The summed E-state index contributed by atoms with van der Waals surface area (Å²) in [5, 5.41) is 19.0. The molecule has 0 bridgehead atoms. The van der Waals surface area contributed by atoms with Gasteiger partial charge in [0, 0.05) is 13.1 Å². The molecule has 0 aliphatic heterocycles. The average Bonchev–Trinajstić information content (AvgIpc) is 2.23. The maximum atomic E-state index is 9.81. The fraction of sp³-hybridized carbons (Fsp3) is 0.500. The Bertz CT molecular complexity index is 434. The van der Waals surface area contributed by atoms with Crippen LogP contribution in [-0.4, -0.2) is 28.8 Å². The normalized spacial score (nSPS) is 11.1. The van der Waals surface area contributed by atoms with Crippen molar-refractivity contribution in [3.05, 3.63) is 22.8 Å². The third-order valence-electron chi connectivity index (χ3n) is 2.19. The number of nitrogens with zero attached hydrogens (tertiary/aromatic N) is 3. The maximum Gasteiger partial charge on any atom is 0.132 e. The van der Waals surface area contributed by atoms with Crippen molar-refractivity contribution in [1.82, 2.24) is 4.98 Å². The van der Waals surface area contributed by atoms with Crippen molar-refractivity contribution in [2.24, 2.45) is 0 Å². The second-order valence-electron chi connectivity index (χ2n) is 4.48. The summed E-state index contributed by atoms with van der Waals surface area (Å²) in [5.74, 6) is 0.610. The Kier molecular flexibility index (Phi) is 4.33. The zero-order chi connectivity index (χ0) is 13.1. The zero-order valence-corrected chi connectivity index (χ0v) is 11.0. The van der Waals surface area contributed by atoms with E-state index in [1.807, 2.05) is 17.9 Å². The fourth-order valence-electron chi connectivity index (χ4n) is 1.53. The van der Waals surface area contributed by atoms with E-state index in [0.29, 0.717) is 24.5 Å². The van der Waals surface area contributed by atoms with Crippen molar-refractivity contribution in [3.8, 4) is 6.07 Å². The van der Waals surface area contributed by atoms with E-state index in [1.54, 1.807) is 19.9 Å². The summed E-state index contributed by atoms with van der Waals surface area (Å²) < 4.78 is 0. The van der Waals surface area contributed by atoms with Crippen molar-refractivity contribution < 1.29 is 5.11 Å². The molecular weight excluding hydrogens is 238 g/mol. The van der Waals surface area contributed by atoms with Crippen molar-refractivity contribution in [2.75, 3.05) is 18.0 Å². The molecular formula is C12H16ClN3O. The van der Waals surface area contributed by atoms with E-state index in [4.69, 9.17) is 16.9 Å². The second kappa shape index (κ2) is 5.35. The van der Waals surface area contributed by atoms with Crippen molar-refractivity contribution >= 4 is 17.4 Å². The molecule has 0 atom stereocenters. The first-order valence-corrected chi connectivity index (χ1v) is 5.78. The van der Waals surface area contributed by atoms with Gasteiger partial charge in [-0.05, 0) is 32.9 Å². The van der Waals surface area contributed by atoms with Gasteiger partial charge in [-0.3, -0.25) is 0 Å². The highest BCUT2D eigenvalue weighted by Crippen LogP contribution is 2.19. The number of nitriles is 1. The van der Waals surface area contributed by atoms with Gasteiger partial charge in [-0.15, -0.1) is 0 Å². The molecule has 92 valence electrons. The van der Waals surface area contributed by atoms with Crippen molar-refractivity contribution in [3.63, 3.8) is 0 Å². The first-order valence-electron chi connectivity index (χ1n) is 5.40. The molecule has 1 rings (SSSR count). The Labute approximate surface area is 106 Å². The van der Waals surface area contributed by atoms with Crippen molar-refractivity contribution in [1.29, 1.82) is 5.26 Å². The van der Waals surface area contributed by atoms with E-state index < -0.39 is 5.60 Å². The number of hydrogen-bond acceptors (Lipinski definition) is 4. The molecule has 0 amide bonds. The second-order valence-corrected chi connectivity index (χ2v) is 4.86. The van der Waals surface area contributed by atoms with Crippen LogP contribution in [0.25, 0.3) is 0 Å². The number of anilines is 1. The van der Waals surface area contributed by atoms with Gasteiger partial charge in [0.1, 0.15) is 11.0 Å². The molecule has 0 aromatic carbocycles. The molecule has 0 radical (unpaired) electrons. The lowest BCUT2D eigenvalue weighted by atomic mass is 10.1. The van der Waals surface area contributed by atoms with Crippen LogP contribution < -0.4 is 4.90 Å². The number of rotatable bonds is 4. The van der Waals surface area contributed by atoms with E-state index in [0.717, 1.165) is 0 Å². The number of hydrogen-bond donors (Lipinski definition) is 1. The predicted molar refractivity (Wildman–Crippen MR) is 68.1 cm³/mol. The SMILES string of the molecule is CCN(CC(C)(C)O)c1cc(C#N)cc(Cl)n1. The summed E-state index contributed by atoms with van der Waals surface area (Å²) in [6.07, 6.45) is 0. The van der Waals surface area contributed by atoms with Gasteiger partial charge in [0.05, 0.1) is 17.2 Å². The monoisotopic (exact) mass is 253 g/mol. The van der Waals surface area contributed by atoms with E-state index in [2.05, 4.69) is 4.98 Å². The minimum absolute atomic E-state index is 0.285. The molecule has 0 spiro atoms. The van der Waals surface area contributed by atoms with Gasteiger partial charge in [0.2, 0.25) is 0 Å². The molecule has 5 heteroatoms. The molecule has 1 aromatic rings. The molecule has 1 aromatic heterocycles. The van der Waals surface area contributed by atoms with Crippen LogP contribution in [0.3, 0.4) is 0 Å². The first-order chi connectivity index (χ1) is 7.85. The average molecular weight is 254 g/mol. The van der Waals surface area contributed by atoms with Crippen LogP contribution in [0.4, 0.5) is 5.82 Å². The summed E-state index contributed by atoms with van der Waals surface area (Å²) in [6, 6.07) is 5.22. The lowest BCUT2D eigenvalue weighted by molar-refractivity contribution is 0.0874. The molecule has 17 heavy (non-hydrogen) atoms. The van der Waals surface area contributed by atoms with Crippen LogP contribution in [0.15, 0.2) is 12.1 Å². The number of halogens is 1. The van der Waals surface area contributed by atoms with E-state index in [-0.39, 0.29) is 5.15 Å². The van der Waals surface area contributed by atoms with Gasteiger partial charge < -0.3 is 10.0 Å². The number of likely N-dealkylation sites (N-methyl/N-ethyl adjacent to an activating group) is 1. The Morgan fingerprint density at radius 2 is 2.18 bits per heavy atom. The van der Waals surface area contributed by atoms with Crippen LogP contribution >= 0.6 is 11.6 Å². The Morgan fingerprint density at radius 1 is 1.53 bits per heavy atom. The molecule has 1 N–H and O–H groups in total. The van der Waals surface area contributed by atoms with Gasteiger partial charge in [-0.2, -0.15) is 5.26 Å². The lowest BCUT2D eigenvalue weighted by Crippen LogP contribution is -2.39. The molecule has 0 saturated heterocycles. The molecule has 4 nitrogen and oxygen atoms in total. The number of aliphatic hydroxyl groups is 1. The highest BCUT2D eigenvalue weighted by molar-refractivity contribution is 6.29. The van der Waals surface area contributed by atoms with E-state index >= 15 is 0 Å². The van der Waals surface area contributed by atoms with Gasteiger partial charge in [0.25, 0.3) is 0 Å². The van der Waals surface area contributed by atoms with Crippen LogP contribution in [0.5, 0.6) is 0 Å². The maximum absolute atomic E-state index is 9.81. The Hall–Kier alpha value is -1.31. The van der Waals surface area contributed by atoms with Crippen LogP contribution in [0.1, 0.15) is 26.3 Å². The summed E-state index contributed by atoms with van der Waals surface area (Å²) in [4.78, 5) is 6.05. The zero-order valence-electron chi connectivity index (χ0n) is 10.2. The highest BCUT2D eigenvalue weighted by atomic mass is 35.5. The van der Waals surface area contributed by atoms with Crippen molar-refractivity contribution in [2.45, 2.75) is 26.4 Å². The van der Waals surface area contributed by atoms with Gasteiger partial charge in [-0.25, -0.2) is 4.98 Å². The summed E-state index contributed by atoms with van der Waals surface area (Å²) in [7, 11) is 0. The molecule has 0 aliphatic carbocycles. The van der Waals surface area contributed by atoms with Gasteiger partial charge >= 0.3 is 0 Å². The standard InChI is InChI=1S/C12H16ClN3O/c1-4-16(8-12(2,3)17)11-6-9(7-14)5-10(13)15-11/h5-6,17H,4,8H2,1-3H3. The molecule has 0 fully saturated rings. The van der Waals surface area contributed by atoms with Crippen LogP contribution in [0.2, 0.25) is 5.15 Å². The third kappa shape index (κ3) is 4.22. The number of pyridine rings is 1. The summed E-state index contributed by atoms with van der Waals surface area (Å²) >= 11 is 5.85. The van der Waals surface area contributed by atoms with Crippen LogP contribution in [-0.2, 0) is 0 Å². The molecule has 1 heterocycles. The largest absolute Gasteiger partial charge is 0.389 e. The number of aromatic nitrogens is 1. The van der Waals surface area contributed by atoms with E-state index in [1.165, 1.54) is 6.07 Å². The highest BCUT2D eigenvalue weighted by Gasteiger charge is 2.19. The minimum Gasteiger partial charge on any atom is -0.389 e. The summed E-state index contributed by atoms with van der Waals surface area (Å²) in [6.45, 7) is 6.53. The lowest BCUT2D eigenvalue weighted by Gasteiger charge is -2.29. The van der Waals surface area contributed by atoms with Gasteiger partial charge in [-0.1, -0.05) is 11.6 Å². The Balaban J connectivity index is 3.04. The fourth-order valence-corrected chi connectivity index (χ4v) is 1.74. The molecule has 0 aliphatic rings. The first kappa shape index (κ1) is 13.8. The molecule has 0 saturated carbocycles. The summed E-state index contributed by atoms with van der Waals surface area (Å²) in [5.41, 5.74) is -0.360. The predicted octanol–water partition coefficient (Wildman–Crippen LogP) is 2.20. The Morgan fingerprint density at radius 3 is 2.65 bits per heavy atom. The van der Waals surface area contributed by atoms with Crippen LogP contribution in [0, 0.1) is 11.3 Å².